The summed E-state index contributed by atoms with van der Waals surface area (Å²) in [4.78, 5) is 41.2. The molecule has 0 bridgehead atoms. The summed E-state index contributed by atoms with van der Waals surface area (Å²) in [6, 6.07) is 14.2. The number of methoxy groups -OCH3 is 1. The lowest BCUT2D eigenvalue weighted by atomic mass is 10.00. The minimum absolute atomic E-state index is 0.137. The first-order chi connectivity index (χ1) is 17.5. The molecule has 0 spiro atoms. The van der Waals surface area contributed by atoms with E-state index in [1.54, 1.807) is 68.6 Å². The minimum atomic E-state index is -1.06. The highest BCUT2D eigenvalue weighted by Gasteiger charge is 2.35. The lowest BCUT2D eigenvalue weighted by molar-refractivity contribution is -0.128. The fraction of sp³-hybridized carbons (Fsp3) is 0.333. The number of nitrogens with zero attached hydrogens (tertiary/aromatic N) is 2. The van der Waals surface area contributed by atoms with Crippen LogP contribution in [0.4, 0.5) is 11.5 Å². The molecular weight excluding hydrogens is 496 g/mol. The number of halogens is 1. The average Bonchev–Trinajstić information content (AvgIpc) is 3.24. The summed E-state index contributed by atoms with van der Waals surface area (Å²) in [5.41, 5.74) is 0.344. The van der Waals surface area contributed by atoms with Gasteiger partial charge in [0.05, 0.1) is 17.8 Å². The van der Waals surface area contributed by atoms with Gasteiger partial charge in [-0.2, -0.15) is 0 Å². The van der Waals surface area contributed by atoms with E-state index in [-0.39, 0.29) is 18.7 Å². The second-order valence-corrected chi connectivity index (χ2v) is 9.91. The maximum atomic E-state index is 13.7. The van der Waals surface area contributed by atoms with Gasteiger partial charge < -0.3 is 19.9 Å². The zero-order valence-electron chi connectivity index (χ0n) is 21.5. The fourth-order valence-electron chi connectivity index (χ4n) is 3.68. The molecule has 2 aromatic carbocycles. The van der Waals surface area contributed by atoms with Crippen molar-refractivity contribution >= 4 is 40.8 Å². The molecule has 10 heteroatoms. The van der Waals surface area contributed by atoms with Crippen LogP contribution in [0, 0.1) is 6.92 Å². The summed E-state index contributed by atoms with van der Waals surface area (Å²) in [7, 11) is 1.55. The molecule has 3 aromatic rings. The van der Waals surface area contributed by atoms with Crippen LogP contribution in [0.5, 0.6) is 5.75 Å². The zero-order valence-corrected chi connectivity index (χ0v) is 22.3. The molecule has 0 fully saturated rings. The molecular formula is C27H31ClN4O5. The van der Waals surface area contributed by atoms with Crippen LogP contribution in [0.2, 0.25) is 5.02 Å². The van der Waals surface area contributed by atoms with E-state index in [1.165, 1.54) is 4.90 Å². The van der Waals surface area contributed by atoms with E-state index in [2.05, 4.69) is 15.8 Å². The third kappa shape index (κ3) is 7.57. The van der Waals surface area contributed by atoms with Crippen LogP contribution in [0.25, 0.3) is 0 Å². The number of hydrogen-bond donors (Lipinski definition) is 2. The molecule has 1 atom stereocenters. The van der Waals surface area contributed by atoms with Gasteiger partial charge in [-0.05, 0) is 57.5 Å². The van der Waals surface area contributed by atoms with Gasteiger partial charge in [0.25, 0.3) is 0 Å². The van der Waals surface area contributed by atoms with Gasteiger partial charge >= 0.3 is 0 Å². The summed E-state index contributed by atoms with van der Waals surface area (Å²) in [5.74, 6) is 0.148. The normalized spacial score (nSPS) is 11.9. The Hall–Kier alpha value is -3.85. The summed E-state index contributed by atoms with van der Waals surface area (Å²) in [6.45, 7) is 7.27. The highest BCUT2D eigenvalue weighted by molar-refractivity contribution is 6.34. The Morgan fingerprint density at radius 2 is 1.76 bits per heavy atom. The number of carbonyl (C=O) groups excluding carboxylic acids is 3. The van der Waals surface area contributed by atoms with E-state index in [1.807, 2.05) is 20.8 Å². The van der Waals surface area contributed by atoms with Crippen molar-refractivity contribution in [3.63, 3.8) is 0 Å². The molecule has 3 rings (SSSR count). The molecule has 0 aliphatic heterocycles. The van der Waals surface area contributed by atoms with E-state index in [4.69, 9.17) is 20.9 Å². The summed E-state index contributed by atoms with van der Waals surface area (Å²) >= 11 is 6.51. The number of aryl methyl sites for hydroxylation is 1. The van der Waals surface area contributed by atoms with Gasteiger partial charge in [0.2, 0.25) is 17.7 Å². The first-order valence-electron chi connectivity index (χ1n) is 11.7. The molecule has 37 heavy (non-hydrogen) atoms. The molecule has 0 unspecified atom stereocenters. The summed E-state index contributed by atoms with van der Waals surface area (Å²) in [5, 5.41) is 9.59. The number of amides is 3. The molecule has 196 valence electrons. The van der Waals surface area contributed by atoms with Crippen LogP contribution >= 0.6 is 11.6 Å². The Kier molecular flexibility index (Phi) is 8.94. The molecule has 3 amide bonds. The quantitative estimate of drug-likeness (QED) is 0.403. The topological polar surface area (TPSA) is 114 Å². The van der Waals surface area contributed by atoms with Gasteiger partial charge in [-0.25, -0.2) is 0 Å². The lowest BCUT2D eigenvalue weighted by Crippen LogP contribution is -2.49. The van der Waals surface area contributed by atoms with Gasteiger partial charge in [0.15, 0.2) is 5.82 Å². The number of ether oxygens (including phenoxy) is 1. The van der Waals surface area contributed by atoms with Crippen LogP contribution in [0.3, 0.4) is 0 Å². The molecule has 2 N–H and O–H groups in total. The number of hydrogen-bond acceptors (Lipinski definition) is 6. The van der Waals surface area contributed by atoms with Crippen molar-refractivity contribution < 1.29 is 23.6 Å². The van der Waals surface area contributed by atoms with Crippen LogP contribution in [-0.2, 0) is 14.4 Å². The van der Waals surface area contributed by atoms with Crippen molar-refractivity contribution in [3.8, 4) is 5.75 Å². The molecule has 9 nitrogen and oxygen atoms in total. The average molecular weight is 527 g/mol. The van der Waals surface area contributed by atoms with Crippen LogP contribution in [0.1, 0.15) is 51.0 Å². The maximum Gasteiger partial charge on any atom is 0.248 e. The number of aromatic nitrogens is 1. The van der Waals surface area contributed by atoms with E-state index in [0.29, 0.717) is 27.8 Å². The van der Waals surface area contributed by atoms with Gasteiger partial charge in [-0.1, -0.05) is 41.0 Å². The molecule has 0 saturated heterocycles. The van der Waals surface area contributed by atoms with E-state index in [9.17, 15) is 14.4 Å². The van der Waals surface area contributed by atoms with Crippen molar-refractivity contribution in [2.24, 2.45) is 0 Å². The maximum absolute atomic E-state index is 13.7. The largest absolute Gasteiger partial charge is 0.497 e. The number of para-hydroxylation sites is 1. The third-order valence-corrected chi connectivity index (χ3v) is 5.60. The fourth-order valence-corrected chi connectivity index (χ4v) is 3.90. The first-order valence-corrected chi connectivity index (χ1v) is 12.1. The molecule has 1 aromatic heterocycles. The second-order valence-electron chi connectivity index (χ2n) is 9.50. The van der Waals surface area contributed by atoms with Crippen LogP contribution < -0.4 is 20.3 Å². The number of carbonyl (C=O) groups is 3. The van der Waals surface area contributed by atoms with Crippen LogP contribution in [0.15, 0.2) is 59.1 Å². The SMILES string of the molecule is COc1ccc([C@H](C(=O)NC(C)(C)C)N(C(=O)CCC(=O)Nc2cc(C)on2)c2ccccc2Cl)cc1. The molecule has 0 radical (unpaired) electrons. The number of nitrogens with one attached hydrogen (secondary N) is 2. The summed E-state index contributed by atoms with van der Waals surface area (Å²) in [6.07, 6.45) is -0.314. The minimum Gasteiger partial charge on any atom is -0.497 e. The predicted octanol–water partition coefficient (Wildman–Crippen LogP) is 5.05. The van der Waals surface area contributed by atoms with E-state index in [0.717, 1.165) is 0 Å². The highest BCUT2D eigenvalue weighted by Crippen LogP contribution is 2.35. The standard InChI is InChI=1S/C27H31ClN4O5/c1-17-16-22(31-37-17)29-23(33)14-15-24(34)32(21-9-7-6-8-20(21)28)25(26(35)30-27(2,3)4)18-10-12-19(36-5)13-11-18/h6-13,16,25H,14-15H2,1-5H3,(H,30,35)(H,29,31,33)/t25-/m1/s1. The zero-order chi connectivity index (χ0) is 27.2. The first kappa shape index (κ1) is 27.7. The van der Waals surface area contributed by atoms with Crippen molar-refractivity contribution in [2.45, 2.75) is 52.1 Å². The number of benzene rings is 2. The Bertz CT molecular complexity index is 1250. The van der Waals surface area contributed by atoms with Gasteiger partial charge in [-0.3, -0.25) is 19.3 Å². The van der Waals surface area contributed by atoms with E-state index >= 15 is 0 Å². The summed E-state index contributed by atoms with van der Waals surface area (Å²) < 4.78 is 10.2. The highest BCUT2D eigenvalue weighted by atomic mass is 35.5. The number of rotatable bonds is 9. The van der Waals surface area contributed by atoms with E-state index < -0.39 is 29.3 Å². The monoisotopic (exact) mass is 526 g/mol. The van der Waals surface area contributed by atoms with Gasteiger partial charge in [-0.15, -0.1) is 0 Å². The Balaban J connectivity index is 1.97. The molecule has 0 aliphatic carbocycles. The molecule has 0 aliphatic rings. The number of anilines is 2. The Morgan fingerprint density at radius 1 is 1.08 bits per heavy atom. The van der Waals surface area contributed by atoms with Crippen LogP contribution in [-0.4, -0.2) is 35.5 Å². The molecule has 0 saturated carbocycles. The second kappa shape index (κ2) is 11.9. The Labute approximate surface area is 221 Å². The predicted molar refractivity (Wildman–Crippen MR) is 142 cm³/mol. The van der Waals surface area contributed by atoms with Crippen molar-refractivity contribution in [3.05, 3.63) is 70.9 Å². The van der Waals surface area contributed by atoms with Crippen molar-refractivity contribution in [1.29, 1.82) is 0 Å². The smallest absolute Gasteiger partial charge is 0.248 e. The van der Waals surface area contributed by atoms with Gasteiger partial charge in [0, 0.05) is 24.4 Å². The van der Waals surface area contributed by atoms with Crippen molar-refractivity contribution in [2.75, 3.05) is 17.3 Å². The third-order valence-electron chi connectivity index (χ3n) is 5.28. The molecule has 1 heterocycles. The van der Waals surface area contributed by atoms with Gasteiger partial charge in [0.1, 0.15) is 17.6 Å². The Morgan fingerprint density at radius 3 is 2.32 bits per heavy atom. The lowest BCUT2D eigenvalue weighted by Gasteiger charge is -2.34. The van der Waals surface area contributed by atoms with Crippen molar-refractivity contribution in [1.82, 2.24) is 10.5 Å².